The molecule has 0 aliphatic rings. The van der Waals surface area contributed by atoms with Crippen LogP contribution in [-0.2, 0) is 9.84 Å². The molecule has 0 aliphatic heterocycles. The summed E-state index contributed by atoms with van der Waals surface area (Å²) >= 11 is 2.16. The highest BCUT2D eigenvalue weighted by molar-refractivity contribution is 14.1. The second kappa shape index (κ2) is 5.93. The lowest BCUT2D eigenvalue weighted by Crippen LogP contribution is -2.13. The molecule has 1 heterocycles. The molecule has 0 unspecified atom stereocenters. The highest BCUT2D eigenvalue weighted by Crippen LogP contribution is 2.21. The molecule has 23 heavy (non-hydrogen) atoms. The highest BCUT2D eigenvalue weighted by Gasteiger charge is 2.15. The molecule has 8 heteroatoms. The van der Waals surface area contributed by atoms with Crippen molar-refractivity contribution in [3.63, 3.8) is 0 Å². The fourth-order valence-electron chi connectivity index (χ4n) is 2.15. The van der Waals surface area contributed by atoms with E-state index in [0.29, 0.717) is 11.1 Å². The summed E-state index contributed by atoms with van der Waals surface area (Å²) in [6, 6.07) is 11.7. The Bertz CT molecular complexity index is 1010. The first-order valence-corrected chi connectivity index (χ1v) is 9.57. The number of nitrogens with zero attached hydrogens (tertiary/aromatic N) is 1. The molecule has 0 fully saturated rings. The molecule has 0 radical (unpaired) electrons. The maximum absolute atomic E-state index is 12.4. The summed E-state index contributed by atoms with van der Waals surface area (Å²) in [6.07, 6.45) is 1.12. The van der Waals surface area contributed by atoms with Gasteiger partial charge < -0.3 is 5.32 Å². The number of hydrogen-bond acceptors (Lipinski definition) is 4. The lowest BCUT2D eigenvalue weighted by atomic mass is 10.2. The minimum absolute atomic E-state index is 0.150. The first-order valence-electron chi connectivity index (χ1n) is 6.60. The van der Waals surface area contributed by atoms with E-state index >= 15 is 0 Å². The summed E-state index contributed by atoms with van der Waals surface area (Å²) < 4.78 is 24.2. The molecule has 1 amide bonds. The van der Waals surface area contributed by atoms with Gasteiger partial charge in [-0.25, -0.2) is 8.42 Å². The number of amides is 1. The molecule has 2 N–H and O–H groups in total. The van der Waals surface area contributed by atoms with Gasteiger partial charge in [0.05, 0.1) is 10.4 Å². The third-order valence-electron chi connectivity index (χ3n) is 3.26. The molecular formula is C15H12IN3O3S. The predicted molar refractivity (Wildman–Crippen MR) is 96.3 cm³/mol. The number of H-pyrrole nitrogens is 1. The van der Waals surface area contributed by atoms with E-state index in [4.69, 9.17) is 0 Å². The summed E-state index contributed by atoms with van der Waals surface area (Å²) in [4.78, 5) is 12.6. The summed E-state index contributed by atoms with van der Waals surface area (Å²) in [6.45, 7) is 0. The van der Waals surface area contributed by atoms with Crippen LogP contribution < -0.4 is 5.32 Å². The van der Waals surface area contributed by atoms with Gasteiger partial charge in [-0.15, -0.1) is 0 Å². The number of anilines is 1. The van der Waals surface area contributed by atoms with E-state index in [1.807, 2.05) is 18.2 Å². The second-order valence-electron chi connectivity index (χ2n) is 5.02. The SMILES string of the molecule is CS(=O)(=O)c1cccc(NC(=O)c2n[nH]c3ccc(I)cc23)c1. The number of nitrogens with one attached hydrogen (secondary N) is 2. The number of halogens is 1. The van der Waals surface area contributed by atoms with Gasteiger partial charge in [0.15, 0.2) is 15.5 Å². The van der Waals surface area contributed by atoms with Crippen LogP contribution in [0, 0.1) is 3.57 Å². The second-order valence-corrected chi connectivity index (χ2v) is 8.28. The number of carbonyl (C=O) groups is 1. The van der Waals surface area contributed by atoms with Crippen LogP contribution in [0.1, 0.15) is 10.5 Å². The number of fused-ring (bicyclic) bond motifs is 1. The van der Waals surface area contributed by atoms with Crippen molar-refractivity contribution >= 4 is 54.9 Å². The standard InChI is InChI=1S/C15H12IN3O3S/c1-23(21,22)11-4-2-3-10(8-11)17-15(20)14-12-7-9(16)5-6-13(12)18-19-14/h2-8H,1H3,(H,17,20)(H,18,19). The van der Waals surface area contributed by atoms with Gasteiger partial charge in [0.2, 0.25) is 0 Å². The van der Waals surface area contributed by atoms with E-state index in [-0.39, 0.29) is 10.6 Å². The van der Waals surface area contributed by atoms with Crippen LogP contribution in [0.15, 0.2) is 47.4 Å². The van der Waals surface area contributed by atoms with Crippen molar-refractivity contribution in [1.29, 1.82) is 0 Å². The van der Waals surface area contributed by atoms with E-state index in [0.717, 1.165) is 15.3 Å². The van der Waals surface area contributed by atoms with Crippen molar-refractivity contribution < 1.29 is 13.2 Å². The molecular weight excluding hydrogens is 429 g/mol. The number of hydrogen-bond donors (Lipinski definition) is 2. The minimum Gasteiger partial charge on any atom is -0.321 e. The third kappa shape index (κ3) is 3.37. The maximum Gasteiger partial charge on any atom is 0.276 e. The third-order valence-corrected chi connectivity index (χ3v) is 5.04. The van der Waals surface area contributed by atoms with Gasteiger partial charge >= 0.3 is 0 Å². The summed E-state index contributed by atoms with van der Waals surface area (Å²) in [5.74, 6) is -0.399. The van der Waals surface area contributed by atoms with E-state index in [9.17, 15) is 13.2 Å². The number of rotatable bonds is 3. The largest absolute Gasteiger partial charge is 0.321 e. The Morgan fingerprint density at radius 1 is 1.22 bits per heavy atom. The van der Waals surface area contributed by atoms with Crippen molar-refractivity contribution in [2.75, 3.05) is 11.6 Å². The molecule has 0 saturated carbocycles. The molecule has 0 atom stereocenters. The van der Waals surface area contributed by atoms with Gasteiger partial charge in [-0.1, -0.05) is 6.07 Å². The average molecular weight is 441 g/mol. The lowest BCUT2D eigenvalue weighted by Gasteiger charge is -2.05. The number of sulfone groups is 1. The van der Waals surface area contributed by atoms with Crippen molar-refractivity contribution in [2.24, 2.45) is 0 Å². The van der Waals surface area contributed by atoms with E-state index < -0.39 is 15.7 Å². The molecule has 0 spiro atoms. The Morgan fingerprint density at radius 2 is 2.00 bits per heavy atom. The van der Waals surface area contributed by atoms with Gasteiger partial charge in [0.25, 0.3) is 5.91 Å². The summed E-state index contributed by atoms with van der Waals surface area (Å²) in [7, 11) is -3.33. The van der Waals surface area contributed by atoms with Crippen LogP contribution in [0.25, 0.3) is 10.9 Å². The fraction of sp³-hybridized carbons (Fsp3) is 0.0667. The van der Waals surface area contributed by atoms with Crippen LogP contribution >= 0.6 is 22.6 Å². The van der Waals surface area contributed by atoms with E-state index in [2.05, 4.69) is 38.1 Å². The van der Waals surface area contributed by atoms with Crippen molar-refractivity contribution in [2.45, 2.75) is 4.90 Å². The summed E-state index contributed by atoms with van der Waals surface area (Å²) in [5, 5.41) is 10.2. The van der Waals surface area contributed by atoms with Gasteiger partial charge in [-0.2, -0.15) is 5.10 Å². The fourth-order valence-corrected chi connectivity index (χ4v) is 3.31. The maximum atomic E-state index is 12.4. The molecule has 3 aromatic rings. The molecule has 118 valence electrons. The van der Waals surface area contributed by atoms with Gasteiger partial charge in [-0.05, 0) is 59.0 Å². The highest BCUT2D eigenvalue weighted by atomic mass is 127. The first-order chi connectivity index (χ1) is 10.8. The lowest BCUT2D eigenvalue weighted by molar-refractivity contribution is 0.102. The zero-order valence-electron chi connectivity index (χ0n) is 12.0. The molecule has 0 saturated heterocycles. The predicted octanol–water partition coefficient (Wildman–Crippen LogP) is 2.82. The topological polar surface area (TPSA) is 91.9 Å². The molecule has 0 bridgehead atoms. The van der Waals surface area contributed by atoms with Gasteiger partial charge in [0, 0.05) is 20.9 Å². The van der Waals surface area contributed by atoms with Crippen LogP contribution in [0.3, 0.4) is 0 Å². The smallest absolute Gasteiger partial charge is 0.276 e. The van der Waals surface area contributed by atoms with Crippen LogP contribution in [0.2, 0.25) is 0 Å². The number of carbonyl (C=O) groups excluding carboxylic acids is 1. The quantitative estimate of drug-likeness (QED) is 0.612. The van der Waals surface area contributed by atoms with E-state index in [1.54, 1.807) is 12.1 Å². The molecule has 3 rings (SSSR count). The Hall–Kier alpha value is -1.94. The normalized spacial score (nSPS) is 11.6. The Labute approximate surface area is 146 Å². The monoisotopic (exact) mass is 441 g/mol. The Balaban J connectivity index is 1.94. The molecule has 6 nitrogen and oxygen atoms in total. The van der Waals surface area contributed by atoms with Crippen LogP contribution in [0.5, 0.6) is 0 Å². The number of aromatic nitrogens is 2. The van der Waals surface area contributed by atoms with Crippen molar-refractivity contribution in [1.82, 2.24) is 10.2 Å². The first kappa shape index (κ1) is 15.9. The van der Waals surface area contributed by atoms with Gasteiger partial charge in [-0.3, -0.25) is 9.89 Å². The average Bonchev–Trinajstić information content (AvgIpc) is 2.89. The van der Waals surface area contributed by atoms with Crippen LogP contribution in [0.4, 0.5) is 5.69 Å². The van der Waals surface area contributed by atoms with E-state index in [1.165, 1.54) is 12.1 Å². The summed E-state index contributed by atoms with van der Waals surface area (Å²) in [5.41, 5.74) is 1.43. The van der Waals surface area contributed by atoms with Crippen molar-refractivity contribution in [3.8, 4) is 0 Å². The molecule has 0 aliphatic carbocycles. The Kier molecular flexibility index (Phi) is 4.11. The van der Waals surface area contributed by atoms with Crippen LogP contribution in [-0.4, -0.2) is 30.8 Å². The van der Waals surface area contributed by atoms with Gasteiger partial charge in [0.1, 0.15) is 0 Å². The molecule has 2 aromatic carbocycles. The number of aromatic amines is 1. The Morgan fingerprint density at radius 3 is 2.74 bits per heavy atom. The zero-order valence-corrected chi connectivity index (χ0v) is 15.0. The number of benzene rings is 2. The molecule has 1 aromatic heterocycles. The van der Waals surface area contributed by atoms with Crippen molar-refractivity contribution in [3.05, 3.63) is 51.7 Å². The minimum atomic E-state index is -3.33. The zero-order chi connectivity index (χ0) is 16.6.